The van der Waals surface area contributed by atoms with E-state index in [9.17, 15) is 9.90 Å². The second-order valence-corrected chi connectivity index (χ2v) is 3.04. The smallest absolute Gasteiger partial charge is 0.311 e. The number of esters is 1. The van der Waals surface area contributed by atoms with E-state index in [0.717, 1.165) is 0 Å². The standard InChI is InChI=1S/C10H13NO3/c1-7(10(13)14-2)9(12)8-4-3-5-11-6-8/h3-7,9,12H,1-2H3. The molecule has 0 bridgehead atoms. The highest BCUT2D eigenvalue weighted by Crippen LogP contribution is 2.21. The topological polar surface area (TPSA) is 59.4 Å². The largest absolute Gasteiger partial charge is 0.469 e. The number of methoxy groups -OCH3 is 1. The number of carbonyl (C=O) groups is 1. The van der Waals surface area contributed by atoms with Gasteiger partial charge in [-0.25, -0.2) is 0 Å². The minimum absolute atomic E-state index is 0.429. The van der Waals surface area contributed by atoms with Crippen LogP contribution in [0.2, 0.25) is 0 Å². The first-order valence-corrected chi connectivity index (χ1v) is 4.32. The molecule has 2 atom stereocenters. The number of nitrogens with zero attached hydrogens (tertiary/aromatic N) is 1. The minimum atomic E-state index is -0.865. The van der Waals surface area contributed by atoms with Crippen molar-refractivity contribution in [3.05, 3.63) is 30.1 Å². The Morgan fingerprint density at radius 3 is 2.86 bits per heavy atom. The third kappa shape index (κ3) is 2.29. The fourth-order valence-corrected chi connectivity index (χ4v) is 1.15. The molecule has 4 nitrogen and oxygen atoms in total. The lowest BCUT2D eigenvalue weighted by atomic mass is 9.99. The Morgan fingerprint density at radius 1 is 1.64 bits per heavy atom. The lowest BCUT2D eigenvalue weighted by Crippen LogP contribution is -2.20. The van der Waals surface area contributed by atoms with Crippen molar-refractivity contribution in [2.24, 2.45) is 5.92 Å². The first kappa shape index (κ1) is 10.7. The van der Waals surface area contributed by atoms with Gasteiger partial charge >= 0.3 is 5.97 Å². The van der Waals surface area contributed by atoms with Crippen molar-refractivity contribution in [3.8, 4) is 0 Å². The highest BCUT2D eigenvalue weighted by atomic mass is 16.5. The summed E-state index contributed by atoms with van der Waals surface area (Å²) in [5.41, 5.74) is 0.616. The second kappa shape index (κ2) is 4.72. The van der Waals surface area contributed by atoms with Gasteiger partial charge in [0, 0.05) is 12.4 Å². The molecule has 0 aliphatic rings. The van der Waals surface area contributed by atoms with Crippen molar-refractivity contribution in [2.45, 2.75) is 13.0 Å². The van der Waals surface area contributed by atoms with E-state index < -0.39 is 18.0 Å². The van der Waals surface area contributed by atoms with Gasteiger partial charge in [0.25, 0.3) is 0 Å². The molecule has 0 aliphatic heterocycles. The summed E-state index contributed by atoms with van der Waals surface area (Å²) in [6.07, 6.45) is 2.28. The van der Waals surface area contributed by atoms with Gasteiger partial charge in [0.05, 0.1) is 19.1 Å². The van der Waals surface area contributed by atoms with E-state index in [0.29, 0.717) is 5.56 Å². The first-order valence-electron chi connectivity index (χ1n) is 4.32. The van der Waals surface area contributed by atoms with E-state index in [1.165, 1.54) is 13.3 Å². The van der Waals surface area contributed by atoms with Crippen LogP contribution in [-0.2, 0) is 9.53 Å². The number of ether oxygens (including phenoxy) is 1. The van der Waals surface area contributed by atoms with Crippen LogP contribution in [-0.4, -0.2) is 23.2 Å². The van der Waals surface area contributed by atoms with Crippen LogP contribution in [0.15, 0.2) is 24.5 Å². The maximum atomic E-state index is 11.1. The van der Waals surface area contributed by atoms with Crippen LogP contribution in [0.5, 0.6) is 0 Å². The van der Waals surface area contributed by atoms with Crippen LogP contribution in [0, 0.1) is 5.92 Å². The molecule has 0 spiro atoms. The molecule has 2 unspecified atom stereocenters. The van der Waals surface area contributed by atoms with Crippen LogP contribution in [0.25, 0.3) is 0 Å². The van der Waals surface area contributed by atoms with E-state index in [2.05, 4.69) is 9.72 Å². The van der Waals surface area contributed by atoms with Crippen molar-refractivity contribution >= 4 is 5.97 Å². The van der Waals surface area contributed by atoms with Crippen molar-refractivity contribution in [1.29, 1.82) is 0 Å². The number of pyridine rings is 1. The summed E-state index contributed by atoms with van der Waals surface area (Å²) in [6, 6.07) is 3.43. The minimum Gasteiger partial charge on any atom is -0.469 e. The molecule has 1 rings (SSSR count). The monoisotopic (exact) mass is 195 g/mol. The molecule has 14 heavy (non-hydrogen) atoms. The molecular formula is C10H13NO3. The molecule has 0 saturated heterocycles. The molecule has 1 N–H and O–H groups in total. The quantitative estimate of drug-likeness (QED) is 0.729. The van der Waals surface area contributed by atoms with Gasteiger partial charge in [0.1, 0.15) is 0 Å². The van der Waals surface area contributed by atoms with Crippen molar-refractivity contribution in [3.63, 3.8) is 0 Å². The van der Waals surface area contributed by atoms with Gasteiger partial charge in [-0.2, -0.15) is 0 Å². The molecule has 0 radical (unpaired) electrons. The first-order chi connectivity index (χ1) is 6.66. The van der Waals surface area contributed by atoms with Gasteiger partial charge < -0.3 is 9.84 Å². The molecule has 0 amide bonds. The molecule has 0 aromatic carbocycles. The lowest BCUT2D eigenvalue weighted by molar-refractivity contribution is -0.148. The lowest BCUT2D eigenvalue weighted by Gasteiger charge is -2.16. The van der Waals surface area contributed by atoms with Gasteiger partial charge in [0.2, 0.25) is 0 Å². The number of carbonyl (C=O) groups excluding carboxylic acids is 1. The number of rotatable bonds is 3. The average Bonchev–Trinajstić information content (AvgIpc) is 2.27. The summed E-state index contributed by atoms with van der Waals surface area (Å²) in [5.74, 6) is -1.01. The Morgan fingerprint density at radius 2 is 2.36 bits per heavy atom. The number of hydrogen-bond acceptors (Lipinski definition) is 4. The van der Waals surface area contributed by atoms with E-state index in [4.69, 9.17) is 0 Å². The Balaban J connectivity index is 2.75. The van der Waals surface area contributed by atoms with Crippen LogP contribution >= 0.6 is 0 Å². The van der Waals surface area contributed by atoms with Gasteiger partial charge in [-0.3, -0.25) is 9.78 Å². The van der Waals surface area contributed by atoms with Crippen LogP contribution in [0.1, 0.15) is 18.6 Å². The van der Waals surface area contributed by atoms with E-state index in [1.54, 1.807) is 25.3 Å². The Hall–Kier alpha value is -1.42. The molecule has 0 aliphatic carbocycles. The van der Waals surface area contributed by atoms with E-state index in [-0.39, 0.29) is 0 Å². The maximum Gasteiger partial charge on any atom is 0.311 e. The molecule has 0 fully saturated rings. The predicted molar refractivity (Wildman–Crippen MR) is 50.4 cm³/mol. The SMILES string of the molecule is COC(=O)C(C)C(O)c1cccnc1. The number of aliphatic hydroxyl groups excluding tert-OH is 1. The molecule has 76 valence electrons. The van der Waals surface area contributed by atoms with E-state index >= 15 is 0 Å². The summed E-state index contributed by atoms with van der Waals surface area (Å²) in [5, 5.41) is 9.75. The second-order valence-electron chi connectivity index (χ2n) is 3.04. The highest BCUT2D eigenvalue weighted by molar-refractivity contribution is 5.72. The summed E-state index contributed by atoms with van der Waals surface area (Å²) in [6.45, 7) is 1.61. The number of aromatic nitrogens is 1. The van der Waals surface area contributed by atoms with Crippen LogP contribution in [0.3, 0.4) is 0 Å². The summed E-state index contributed by atoms with van der Waals surface area (Å²) in [7, 11) is 1.30. The fourth-order valence-electron chi connectivity index (χ4n) is 1.15. The molecule has 0 saturated carbocycles. The van der Waals surface area contributed by atoms with Gasteiger partial charge in [-0.05, 0) is 18.6 Å². The zero-order valence-electron chi connectivity index (χ0n) is 8.18. The van der Waals surface area contributed by atoms with Crippen molar-refractivity contribution in [1.82, 2.24) is 4.98 Å². The van der Waals surface area contributed by atoms with Crippen LogP contribution < -0.4 is 0 Å². The zero-order chi connectivity index (χ0) is 10.6. The van der Waals surface area contributed by atoms with Crippen LogP contribution in [0.4, 0.5) is 0 Å². The average molecular weight is 195 g/mol. The van der Waals surface area contributed by atoms with E-state index in [1.807, 2.05) is 0 Å². The van der Waals surface area contributed by atoms with Crippen molar-refractivity contribution < 1.29 is 14.6 Å². The van der Waals surface area contributed by atoms with Crippen molar-refractivity contribution in [2.75, 3.05) is 7.11 Å². The molecule has 4 heteroatoms. The Labute approximate surface area is 82.5 Å². The molecule has 1 aromatic heterocycles. The van der Waals surface area contributed by atoms with Gasteiger partial charge in [0.15, 0.2) is 0 Å². The number of aliphatic hydroxyl groups is 1. The molecular weight excluding hydrogens is 182 g/mol. The zero-order valence-corrected chi connectivity index (χ0v) is 8.18. The normalized spacial score (nSPS) is 14.5. The summed E-state index contributed by atoms with van der Waals surface area (Å²) < 4.78 is 4.54. The van der Waals surface area contributed by atoms with Gasteiger partial charge in [-0.1, -0.05) is 6.07 Å². The Kier molecular flexibility index (Phi) is 3.59. The van der Waals surface area contributed by atoms with Gasteiger partial charge in [-0.15, -0.1) is 0 Å². The molecule has 1 aromatic rings. The fraction of sp³-hybridized carbons (Fsp3) is 0.400. The highest BCUT2D eigenvalue weighted by Gasteiger charge is 2.23. The number of hydrogen-bond donors (Lipinski definition) is 1. The Bertz CT molecular complexity index is 299. The maximum absolute atomic E-state index is 11.1. The predicted octanol–water partition coefficient (Wildman–Crippen LogP) is 0.924. The third-order valence-corrected chi connectivity index (χ3v) is 2.07. The summed E-state index contributed by atoms with van der Waals surface area (Å²) >= 11 is 0. The third-order valence-electron chi connectivity index (χ3n) is 2.07. The molecule has 1 heterocycles. The summed E-state index contributed by atoms with van der Waals surface area (Å²) in [4.78, 5) is 15.0.